The van der Waals surface area contributed by atoms with Gasteiger partial charge < -0.3 is 0 Å². The van der Waals surface area contributed by atoms with Crippen molar-refractivity contribution in [2.75, 3.05) is 0 Å². The number of nitrogens with zero attached hydrogens (tertiary/aromatic N) is 5. The van der Waals surface area contributed by atoms with Crippen LogP contribution in [0.1, 0.15) is 5.56 Å². The van der Waals surface area contributed by atoms with Crippen molar-refractivity contribution in [3.05, 3.63) is 169 Å². The SMILES string of the molecule is N#Cc1ccc(-c2nc3ccccc3nc2-c2cccc(-c3nc(-c4ccccc4)cc(-c4cccc(-c5ccccc5)c4)n3)c2)cc1. The maximum absolute atomic E-state index is 9.37. The van der Waals surface area contributed by atoms with Crippen LogP contribution < -0.4 is 0 Å². The number of hydrogen-bond donors (Lipinski definition) is 0. The summed E-state index contributed by atoms with van der Waals surface area (Å²) in [6.07, 6.45) is 0. The monoisotopic (exact) mass is 613 g/mol. The van der Waals surface area contributed by atoms with E-state index in [-0.39, 0.29) is 0 Å². The first-order chi connectivity index (χ1) is 23.7. The second-order valence-electron chi connectivity index (χ2n) is 11.5. The van der Waals surface area contributed by atoms with Gasteiger partial charge in [0.25, 0.3) is 0 Å². The number of hydrogen-bond acceptors (Lipinski definition) is 5. The van der Waals surface area contributed by atoms with Crippen molar-refractivity contribution >= 4 is 11.0 Å². The van der Waals surface area contributed by atoms with Gasteiger partial charge in [-0.2, -0.15) is 5.26 Å². The van der Waals surface area contributed by atoms with Crippen molar-refractivity contribution in [2.24, 2.45) is 0 Å². The third-order valence-corrected chi connectivity index (χ3v) is 8.31. The first kappa shape index (κ1) is 28.7. The first-order valence-corrected chi connectivity index (χ1v) is 15.7. The molecule has 0 aliphatic carbocycles. The average molecular weight is 614 g/mol. The minimum atomic E-state index is 0.594. The van der Waals surface area contributed by atoms with Crippen LogP contribution in [0.2, 0.25) is 0 Å². The normalized spacial score (nSPS) is 10.9. The molecule has 224 valence electrons. The van der Waals surface area contributed by atoms with Gasteiger partial charge >= 0.3 is 0 Å². The predicted octanol–water partition coefficient (Wildman–Crippen LogP) is 10.3. The van der Waals surface area contributed by atoms with E-state index in [0.717, 1.165) is 72.8 Å². The van der Waals surface area contributed by atoms with Gasteiger partial charge in [0.2, 0.25) is 0 Å². The quantitative estimate of drug-likeness (QED) is 0.187. The summed E-state index contributed by atoms with van der Waals surface area (Å²) in [5.74, 6) is 0.618. The molecule has 0 amide bonds. The Hall–Kier alpha value is -6.77. The molecule has 5 heteroatoms. The molecule has 6 aromatic carbocycles. The Morgan fingerprint density at radius 1 is 0.354 bits per heavy atom. The van der Waals surface area contributed by atoms with E-state index in [1.165, 1.54) is 0 Å². The zero-order valence-electron chi connectivity index (χ0n) is 25.8. The Morgan fingerprint density at radius 3 is 1.52 bits per heavy atom. The minimum absolute atomic E-state index is 0.594. The van der Waals surface area contributed by atoms with Crippen molar-refractivity contribution in [3.63, 3.8) is 0 Å². The molecular formula is C43H27N5. The molecule has 0 spiro atoms. The van der Waals surface area contributed by atoms with Gasteiger partial charge in [-0.1, -0.05) is 121 Å². The second kappa shape index (κ2) is 12.6. The van der Waals surface area contributed by atoms with Crippen molar-refractivity contribution in [1.29, 1.82) is 5.26 Å². The molecule has 8 aromatic rings. The molecule has 0 atom stereocenters. The fourth-order valence-corrected chi connectivity index (χ4v) is 5.88. The van der Waals surface area contributed by atoms with Gasteiger partial charge in [0.1, 0.15) is 0 Å². The molecule has 0 saturated carbocycles. The van der Waals surface area contributed by atoms with Gasteiger partial charge in [0.15, 0.2) is 5.82 Å². The third kappa shape index (κ3) is 5.71. The van der Waals surface area contributed by atoms with Crippen LogP contribution in [0.25, 0.3) is 78.6 Å². The van der Waals surface area contributed by atoms with Crippen LogP contribution >= 0.6 is 0 Å². The Bertz CT molecular complexity index is 2450. The summed E-state index contributed by atoms with van der Waals surface area (Å²) in [5.41, 5.74) is 12.3. The molecule has 0 saturated heterocycles. The van der Waals surface area contributed by atoms with Crippen LogP contribution in [0.3, 0.4) is 0 Å². The number of rotatable bonds is 6. The molecule has 0 aliphatic rings. The summed E-state index contributed by atoms with van der Waals surface area (Å²) in [7, 11) is 0. The molecule has 0 unspecified atom stereocenters. The van der Waals surface area contributed by atoms with E-state index in [1.54, 1.807) is 0 Å². The van der Waals surface area contributed by atoms with E-state index in [1.807, 2.05) is 91.0 Å². The largest absolute Gasteiger partial charge is 0.244 e. The van der Waals surface area contributed by atoms with Crippen LogP contribution in [0, 0.1) is 11.3 Å². The lowest BCUT2D eigenvalue weighted by Gasteiger charge is -2.13. The first-order valence-electron chi connectivity index (χ1n) is 15.7. The van der Waals surface area contributed by atoms with Gasteiger partial charge in [-0.05, 0) is 53.6 Å². The second-order valence-corrected chi connectivity index (χ2v) is 11.5. The summed E-state index contributed by atoms with van der Waals surface area (Å²) in [5, 5.41) is 9.37. The molecule has 0 fully saturated rings. The third-order valence-electron chi connectivity index (χ3n) is 8.31. The Morgan fingerprint density at radius 2 is 0.854 bits per heavy atom. The highest BCUT2D eigenvalue weighted by Crippen LogP contribution is 2.35. The van der Waals surface area contributed by atoms with Gasteiger partial charge in [0, 0.05) is 27.8 Å². The summed E-state index contributed by atoms with van der Waals surface area (Å²) < 4.78 is 0. The Balaban J connectivity index is 1.28. The van der Waals surface area contributed by atoms with Gasteiger partial charge in [-0.25, -0.2) is 19.9 Å². The summed E-state index contributed by atoms with van der Waals surface area (Å²) in [6.45, 7) is 0. The summed E-state index contributed by atoms with van der Waals surface area (Å²) in [4.78, 5) is 20.4. The maximum Gasteiger partial charge on any atom is 0.160 e. The predicted molar refractivity (Wildman–Crippen MR) is 192 cm³/mol. The molecule has 0 aliphatic heterocycles. The fraction of sp³-hybridized carbons (Fsp3) is 0. The highest BCUT2D eigenvalue weighted by Gasteiger charge is 2.16. The van der Waals surface area contributed by atoms with E-state index >= 15 is 0 Å². The topological polar surface area (TPSA) is 75.3 Å². The Labute approximate surface area is 278 Å². The molecule has 0 radical (unpaired) electrons. The fourth-order valence-electron chi connectivity index (χ4n) is 5.88. The highest BCUT2D eigenvalue weighted by atomic mass is 14.9. The van der Waals surface area contributed by atoms with E-state index in [9.17, 15) is 5.26 Å². The van der Waals surface area contributed by atoms with E-state index < -0.39 is 0 Å². The smallest absolute Gasteiger partial charge is 0.160 e. The Kier molecular flexibility index (Phi) is 7.50. The number of aromatic nitrogens is 4. The molecule has 48 heavy (non-hydrogen) atoms. The molecule has 0 N–H and O–H groups in total. The summed E-state index contributed by atoms with van der Waals surface area (Å²) in [6, 6.07) is 56.8. The molecular weight excluding hydrogens is 587 g/mol. The molecule has 0 bridgehead atoms. The van der Waals surface area contributed by atoms with Crippen LogP contribution in [0.4, 0.5) is 0 Å². The van der Waals surface area contributed by atoms with E-state index in [0.29, 0.717) is 11.4 Å². The number of benzene rings is 6. The zero-order chi connectivity index (χ0) is 32.3. The number of fused-ring (bicyclic) bond motifs is 1. The number of para-hydroxylation sites is 2. The van der Waals surface area contributed by atoms with Crippen molar-refractivity contribution < 1.29 is 0 Å². The lowest BCUT2D eigenvalue weighted by Crippen LogP contribution is -1.98. The van der Waals surface area contributed by atoms with E-state index in [2.05, 4.69) is 78.9 Å². The lowest BCUT2D eigenvalue weighted by molar-refractivity contribution is 1.18. The van der Waals surface area contributed by atoms with Gasteiger partial charge in [-0.3, -0.25) is 0 Å². The van der Waals surface area contributed by atoms with Gasteiger partial charge in [-0.15, -0.1) is 0 Å². The number of nitriles is 1. The molecule has 2 heterocycles. The van der Waals surface area contributed by atoms with Gasteiger partial charge in [0.05, 0.1) is 45.4 Å². The standard InChI is InChI=1S/C43H27N5/c44-28-29-21-23-32(24-22-29)41-42(46-38-20-8-7-19-37(38)45-41)35-17-10-18-36(26-35)43-47-39(31-13-5-2-6-14-31)27-40(48-43)34-16-9-15-33(25-34)30-11-3-1-4-12-30/h1-27H. The van der Waals surface area contributed by atoms with Crippen molar-refractivity contribution in [3.8, 4) is 73.6 Å². The van der Waals surface area contributed by atoms with Crippen LogP contribution in [-0.2, 0) is 0 Å². The van der Waals surface area contributed by atoms with E-state index in [4.69, 9.17) is 19.9 Å². The molecule has 8 rings (SSSR count). The van der Waals surface area contributed by atoms with Crippen molar-refractivity contribution in [2.45, 2.75) is 0 Å². The van der Waals surface area contributed by atoms with Crippen LogP contribution in [0.15, 0.2) is 164 Å². The minimum Gasteiger partial charge on any atom is -0.244 e. The summed E-state index contributed by atoms with van der Waals surface area (Å²) >= 11 is 0. The lowest BCUT2D eigenvalue weighted by atomic mass is 9.99. The average Bonchev–Trinajstić information content (AvgIpc) is 3.18. The molecule has 5 nitrogen and oxygen atoms in total. The zero-order valence-corrected chi connectivity index (χ0v) is 25.8. The van der Waals surface area contributed by atoms with Crippen LogP contribution in [-0.4, -0.2) is 19.9 Å². The maximum atomic E-state index is 9.37. The van der Waals surface area contributed by atoms with Crippen molar-refractivity contribution in [1.82, 2.24) is 19.9 Å². The van der Waals surface area contributed by atoms with Crippen LogP contribution in [0.5, 0.6) is 0 Å². The molecule has 2 aromatic heterocycles. The highest BCUT2D eigenvalue weighted by molar-refractivity contribution is 5.87.